The van der Waals surface area contributed by atoms with Crippen LogP contribution in [0.4, 0.5) is 16.2 Å². The highest BCUT2D eigenvalue weighted by Crippen LogP contribution is 2.43. The molecule has 0 radical (unpaired) electrons. The van der Waals surface area contributed by atoms with Crippen molar-refractivity contribution in [2.75, 3.05) is 23.5 Å². The number of aryl methyl sites for hydroxylation is 1. The first-order valence-electron chi connectivity index (χ1n) is 11.6. The summed E-state index contributed by atoms with van der Waals surface area (Å²) in [6.07, 6.45) is 2.58. The first-order chi connectivity index (χ1) is 16.0. The average Bonchev–Trinajstić information content (AvgIpc) is 2.76. The summed E-state index contributed by atoms with van der Waals surface area (Å²) in [4.78, 5) is 41.9. The quantitative estimate of drug-likeness (QED) is 0.524. The van der Waals surface area contributed by atoms with E-state index in [0.717, 1.165) is 28.1 Å². The average molecular weight is 462 g/mol. The van der Waals surface area contributed by atoms with Crippen molar-refractivity contribution in [3.05, 3.63) is 58.7 Å². The van der Waals surface area contributed by atoms with Gasteiger partial charge in [-0.3, -0.25) is 14.9 Å². The number of nitrogens with zero attached hydrogens (tertiary/aromatic N) is 2. The Labute approximate surface area is 200 Å². The molecule has 7 heteroatoms. The molecule has 7 nitrogen and oxygen atoms in total. The maximum absolute atomic E-state index is 13.3. The third-order valence-corrected chi connectivity index (χ3v) is 6.81. The van der Waals surface area contributed by atoms with Gasteiger partial charge < -0.3 is 9.64 Å². The van der Waals surface area contributed by atoms with E-state index in [2.05, 4.69) is 50.2 Å². The number of amides is 4. The van der Waals surface area contributed by atoms with Gasteiger partial charge in [0.2, 0.25) is 0 Å². The van der Waals surface area contributed by atoms with Crippen LogP contribution in [0.15, 0.2) is 42.0 Å². The molecule has 1 N–H and O–H groups in total. The Morgan fingerprint density at radius 3 is 2.62 bits per heavy atom. The van der Waals surface area contributed by atoms with Gasteiger partial charge >= 0.3 is 6.03 Å². The van der Waals surface area contributed by atoms with E-state index in [1.165, 1.54) is 5.56 Å². The van der Waals surface area contributed by atoms with Crippen LogP contribution in [0, 0.1) is 6.92 Å². The van der Waals surface area contributed by atoms with Crippen molar-refractivity contribution in [1.82, 2.24) is 5.32 Å². The number of barbiturate groups is 1. The number of benzene rings is 2. The Morgan fingerprint density at radius 2 is 1.91 bits per heavy atom. The molecular formula is C27H31N3O4. The minimum Gasteiger partial charge on any atom is -0.494 e. The van der Waals surface area contributed by atoms with Crippen LogP contribution in [0.25, 0.3) is 6.08 Å². The number of carbonyl (C=O) groups excluding carboxylic acids is 3. The third kappa shape index (κ3) is 4.06. The van der Waals surface area contributed by atoms with Crippen LogP contribution in [0.1, 0.15) is 56.7 Å². The highest BCUT2D eigenvalue weighted by Gasteiger charge is 2.38. The van der Waals surface area contributed by atoms with Gasteiger partial charge in [0.1, 0.15) is 11.3 Å². The highest BCUT2D eigenvalue weighted by atomic mass is 16.5. The highest BCUT2D eigenvalue weighted by molar-refractivity contribution is 6.39. The number of imide groups is 2. The Bertz CT molecular complexity index is 1210. The lowest BCUT2D eigenvalue weighted by Gasteiger charge is -2.45. The van der Waals surface area contributed by atoms with Crippen molar-refractivity contribution in [3.63, 3.8) is 0 Å². The van der Waals surface area contributed by atoms with Gasteiger partial charge in [0.25, 0.3) is 11.8 Å². The van der Waals surface area contributed by atoms with Crippen LogP contribution < -0.4 is 19.9 Å². The number of hydrogen-bond donors (Lipinski definition) is 1. The summed E-state index contributed by atoms with van der Waals surface area (Å²) in [7, 11) is 2.10. The molecule has 0 aliphatic carbocycles. The van der Waals surface area contributed by atoms with Crippen molar-refractivity contribution < 1.29 is 19.1 Å². The van der Waals surface area contributed by atoms with Gasteiger partial charge in [0, 0.05) is 24.3 Å². The lowest BCUT2D eigenvalue weighted by atomic mass is 9.79. The molecule has 0 bridgehead atoms. The standard InChI is InChI=1S/C27H31N3O4/c1-7-34-20-10-8-9-19(14-20)30-25(32)22(24(31)28-26(30)33)13-18-12-21-17(3)15-27(4,5)29(6)23(21)11-16(18)2/h8-14,17H,7,15H2,1-6H3,(H,28,31,33)/b22-13-. The molecule has 2 aromatic rings. The molecule has 178 valence electrons. The summed E-state index contributed by atoms with van der Waals surface area (Å²) in [5, 5.41) is 2.30. The fraction of sp³-hybridized carbons (Fsp3) is 0.370. The van der Waals surface area contributed by atoms with E-state index in [9.17, 15) is 14.4 Å². The van der Waals surface area contributed by atoms with Crippen molar-refractivity contribution in [2.24, 2.45) is 0 Å². The molecular weight excluding hydrogens is 430 g/mol. The summed E-state index contributed by atoms with van der Waals surface area (Å²) in [5.41, 5.74) is 4.37. The van der Waals surface area contributed by atoms with Crippen LogP contribution in [0.2, 0.25) is 0 Å². The molecule has 4 rings (SSSR count). The zero-order valence-corrected chi connectivity index (χ0v) is 20.6. The SMILES string of the molecule is CCOc1cccc(N2C(=O)NC(=O)/C(=C/c3cc4c(cc3C)N(C)C(C)(C)CC4C)C2=O)c1. The maximum Gasteiger partial charge on any atom is 0.335 e. The Balaban J connectivity index is 1.75. The molecule has 2 aromatic carbocycles. The van der Waals surface area contributed by atoms with Gasteiger partial charge in [-0.25, -0.2) is 9.69 Å². The molecule has 1 saturated heterocycles. The number of carbonyl (C=O) groups is 3. The minimum absolute atomic E-state index is 0.0367. The van der Waals surface area contributed by atoms with Crippen LogP contribution in [-0.2, 0) is 9.59 Å². The van der Waals surface area contributed by atoms with Gasteiger partial charge in [-0.1, -0.05) is 13.0 Å². The van der Waals surface area contributed by atoms with E-state index >= 15 is 0 Å². The van der Waals surface area contributed by atoms with E-state index in [1.807, 2.05) is 13.8 Å². The number of fused-ring (bicyclic) bond motifs is 1. The predicted molar refractivity (Wildman–Crippen MR) is 133 cm³/mol. The summed E-state index contributed by atoms with van der Waals surface area (Å²) >= 11 is 0. The van der Waals surface area contributed by atoms with Gasteiger partial charge in [0.15, 0.2) is 0 Å². The Hall–Kier alpha value is -3.61. The van der Waals surface area contributed by atoms with Gasteiger partial charge in [0.05, 0.1) is 12.3 Å². The number of rotatable bonds is 4. The second-order valence-corrected chi connectivity index (χ2v) is 9.63. The second kappa shape index (κ2) is 8.63. The Kier molecular flexibility index (Phi) is 5.98. The largest absolute Gasteiger partial charge is 0.494 e. The first-order valence-corrected chi connectivity index (χ1v) is 11.6. The van der Waals surface area contributed by atoms with Gasteiger partial charge in [-0.2, -0.15) is 0 Å². The lowest BCUT2D eigenvalue weighted by molar-refractivity contribution is -0.122. The van der Waals surface area contributed by atoms with E-state index < -0.39 is 17.8 Å². The smallest absolute Gasteiger partial charge is 0.335 e. The van der Waals surface area contributed by atoms with Crippen LogP contribution in [0.5, 0.6) is 5.75 Å². The van der Waals surface area contributed by atoms with Crippen LogP contribution in [0.3, 0.4) is 0 Å². The summed E-state index contributed by atoms with van der Waals surface area (Å²) < 4.78 is 5.50. The monoisotopic (exact) mass is 461 g/mol. The molecule has 1 unspecified atom stereocenters. The fourth-order valence-electron chi connectivity index (χ4n) is 4.82. The predicted octanol–water partition coefficient (Wildman–Crippen LogP) is 4.78. The van der Waals surface area contributed by atoms with Crippen molar-refractivity contribution in [2.45, 2.75) is 52.5 Å². The zero-order valence-electron chi connectivity index (χ0n) is 20.6. The van der Waals surface area contributed by atoms with E-state index in [-0.39, 0.29) is 11.1 Å². The topological polar surface area (TPSA) is 79.0 Å². The molecule has 4 amide bonds. The number of nitrogens with one attached hydrogen (secondary N) is 1. The third-order valence-electron chi connectivity index (χ3n) is 6.81. The minimum atomic E-state index is -0.777. The number of hydrogen-bond acceptors (Lipinski definition) is 5. The van der Waals surface area contributed by atoms with Crippen molar-refractivity contribution >= 4 is 35.3 Å². The molecule has 1 fully saturated rings. The van der Waals surface area contributed by atoms with Crippen molar-refractivity contribution in [1.29, 1.82) is 0 Å². The van der Waals surface area contributed by atoms with Crippen LogP contribution >= 0.6 is 0 Å². The normalized spacial score (nSPS) is 20.9. The number of ether oxygens (including phenoxy) is 1. The molecule has 0 saturated carbocycles. The number of anilines is 2. The second-order valence-electron chi connectivity index (χ2n) is 9.63. The van der Waals surface area contributed by atoms with Gasteiger partial charge in [-0.05, 0) is 87.1 Å². The lowest BCUT2D eigenvalue weighted by Crippen LogP contribution is -2.54. The summed E-state index contributed by atoms with van der Waals surface area (Å²) in [6, 6.07) is 10.1. The summed E-state index contributed by atoms with van der Waals surface area (Å²) in [6.45, 7) is 10.9. The number of urea groups is 1. The van der Waals surface area contributed by atoms with E-state index in [0.29, 0.717) is 24.0 Å². The maximum atomic E-state index is 13.3. The molecule has 2 heterocycles. The van der Waals surface area contributed by atoms with E-state index in [4.69, 9.17) is 4.74 Å². The molecule has 2 aliphatic rings. The van der Waals surface area contributed by atoms with E-state index in [1.54, 1.807) is 30.3 Å². The molecule has 34 heavy (non-hydrogen) atoms. The first kappa shape index (κ1) is 23.5. The Morgan fingerprint density at radius 1 is 1.18 bits per heavy atom. The molecule has 0 spiro atoms. The summed E-state index contributed by atoms with van der Waals surface area (Å²) in [5.74, 6) is -0.495. The molecule has 0 aromatic heterocycles. The van der Waals surface area contributed by atoms with Gasteiger partial charge in [-0.15, -0.1) is 0 Å². The molecule has 1 atom stereocenters. The fourth-order valence-corrected chi connectivity index (χ4v) is 4.82. The molecule has 2 aliphatic heterocycles. The zero-order chi connectivity index (χ0) is 24.8. The van der Waals surface area contributed by atoms with Crippen LogP contribution in [-0.4, -0.2) is 37.0 Å². The van der Waals surface area contributed by atoms with Crippen molar-refractivity contribution in [3.8, 4) is 5.75 Å².